The maximum Gasteiger partial charge on any atom is 0.246 e. The number of aliphatic hydroxyl groups is 1. The fourth-order valence-corrected chi connectivity index (χ4v) is 2.47. The first kappa shape index (κ1) is 15.7. The van der Waals surface area contributed by atoms with Gasteiger partial charge in [0.15, 0.2) is 0 Å². The van der Waals surface area contributed by atoms with Gasteiger partial charge in [-0.3, -0.25) is 9.69 Å². The van der Waals surface area contributed by atoms with E-state index in [0.717, 1.165) is 13.1 Å². The number of allylic oxidation sites excluding steroid dienone is 1. The lowest BCUT2D eigenvalue weighted by Gasteiger charge is -2.33. The summed E-state index contributed by atoms with van der Waals surface area (Å²) in [5.41, 5.74) is 1.10. The minimum absolute atomic E-state index is 0.0839. The summed E-state index contributed by atoms with van der Waals surface area (Å²) in [6.07, 6.45) is 1.50. The summed E-state index contributed by atoms with van der Waals surface area (Å²) in [5.74, 6) is -0.397. The maximum absolute atomic E-state index is 13.7. The van der Waals surface area contributed by atoms with Gasteiger partial charge in [-0.2, -0.15) is 0 Å². The molecule has 114 valence electrons. The molecule has 0 saturated carbocycles. The molecule has 21 heavy (non-hydrogen) atoms. The lowest BCUT2D eigenvalue weighted by atomic mass is 10.1. The largest absolute Gasteiger partial charge is 0.395 e. The molecule has 1 aliphatic rings. The lowest BCUT2D eigenvalue weighted by Crippen LogP contribution is -2.48. The molecule has 1 saturated heterocycles. The molecule has 1 N–H and O–H groups in total. The predicted octanol–water partition coefficient (Wildman–Crippen LogP) is 1.37. The number of hydrogen-bond acceptors (Lipinski definition) is 3. The highest BCUT2D eigenvalue weighted by atomic mass is 19.1. The molecule has 1 fully saturated rings. The Hall–Kier alpha value is -1.72. The molecule has 2 rings (SSSR count). The second-order valence-electron chi connectivity index (χ2n) is 5.20. The van der Waals surface area contributed by atoms with E-state index >= 15 is 0 Å². The second kappa shape index (κ2) is 7.33. The molecule has 5 heteroatoms. The van der Waals surface area contributed by atoms with Crippen molar-refractivity contribution < 1.29 is 14.3 Å². The summed E-state index contributed by atoms with van der Waals surface area (Å²) in [7, 11) is 0. The number of aliphatic hydroxyl groups excluding tert-OH is 1. The van der Waals surface area contributed by atoms with Crippen LogP contribution in [0.3, 0.4) is 0 Å². The first-order valence-corrected chi connectivity index (χ1v) is 7.17. The van der Waals surface area contributed by atoms with Gasteiger partial charge in [-0.05, 0) is 18.6 Å². The van der Waals surface area contributed by atoms with E-state index < -0.39 is 0 Å². The molecular weight excluding hydrogens is 271 g/mol. The molecule has 4 nitrogen and oxygen atoms in total. The van der Waals surface area contributed by atoms with Gasteiger partial charge in [-0.15, -0.1) is 0 Å². The topological polar surface area (TPSA) is 43.8 Å². The van der Waals surface area contributed by atoms with Crippen LogP contribution in [0, 0.1) is 5.82 Å². The van der Waals surface area contributed by atoms with Crippen molar-refractivity contribution in [1.82, 2.24) is 9.80 Å². The predicted molar refractivity (Wildman–Crippen MR) is 80.2 cm³/mol. The highest BCUT2D eigenvalue weighted by Gasteiger charge is 2.19. The molecule has 1 aromatic rings. The molecule has 1 amide bonds. The van der Waals surface area contributed by atoms with Gasteiger partial charge < -0.3 is 10.0 Å². The lowest BCUT2D eigenvalue weighted by molar-refractivity contribution is -0.127. The molecular formula is C16H21FN2O2. The molecule has 0 aliphatic carbocycles. The van der Waals surface area contributed by atoms with E-state index in [-0.39, 0.29) is 18.3 Å². The number of amides is 1. The standard InChI is InChI=1S/C16H21FN2O2/c1-13(14-4-2-3-5-15(14)17)12-16(21)19-8-6-18(7-9-19)10-11-20/h2-5,12,20H,6-11H2,1H3. The van der Waals surface area contributed by atoms with E-state index in [4.69, 9.17) is 5.11 Å². The smallest absolute Gasteiger partial charge is 0.246 e. The quantitative estimate of drug-likeness (QED) is 0.852. The average Bonchev–Trinajstić information content (AvgIpc) is 2.48. The SMILES string of the molecule is CC(=CC(=O)N1CCN(CCO)CC1)c1ccccc1F. The second-order valence-corrected chi connectivity index (χ2v) is 5.20. The van der Waals surface area contributed by atoms with Crippen molar-refractivity contribution in [3.05, 3.63) is 41.7 Å². The normalized spacial score (nSPS) is 17.1. The van der Waals surface area contributed by atoms with Crippen LogP contribution in [0.2, 0.25) is 0 Å². The minimum atomic E-state index is -0.313. The van der Waals surface area contributed by atoms with Gasteiger partial charge in [0.1, 0.15) is 5.82 Å². The molecule has 0 unspecified atom stereocenters. The van der Waals surface area contributed by atoms with Crippen LogP contribution in [-0.4, -0.2) is 60.1 Å². The monoisotopic (exact) mass is 292 g/mol. The highest BCUT2D eigenvalue weighted by Crippen LogP contribution is 2.17. The number of carbonyl (C=O) groups is 1. The van der Waals surface area contributed by atoms with Crippen LogP contribution in [0.15, 0.2) is 30.3 Å². The van der Waals surface area contributed by atoms with E-state index in [2.05, 4.69) is 4.90 Å². The van der Waals surface area contributed by atoms with Crippen molar-refractivity contribution in [2.24, 2.45) is 0 Å². The van der Waals surface area contributed by atoms with E-state index in [9.17, 15) is 9.18 Å². The number of rotatable bonds is 4. The first-order valence-electron chi connectivity index (χ1n) is 7.17. The number of β-amino-alcohol motifs (C(OH)–C–C–N with tert-alkyl or cyclic N) is 1. The fourth-order valence-electron chi connectivity index (χ4n) is 2.47. The van der Waals surface area contributed by atoms with Gasteiger partial charge in [0.05, 0.1) is 6.61 Å². The zero-order valence-electron chi connectivity index (χ0n) is 12.3. The Balaban J connectivity index is 1.98. The number of nitrogens with zero attached hydrogens (tertiary/aromatic N) is 2. The molecule has 0 aromatic heterocycles. The van der Waals surface area contributed by atoms with Crippen molar-refractivity contribution >= 4 is 11.5 Å². The Kier molecular flexibility index (Phi) is 5.47. The van der Waals surface area contributed by atoms with Crippen molar-refractivity contribution in [2.45, 2.75) is 6.92 Å². The van der Waals surface area contributed by atoms with Gasteiger partial charge >= 0.3 is 0 Å². The summed E-state index contributed by atoms with van der Waals surface area (Å²) >= 11 is 0. The third-order valence-electron chi connectivity index (χ3n) is 3.74. The van der Waals surface area contributed by atoms with Gasteiger partial charge in [-0.1, -0.05) is 18.2 Å². The Morgan fingerprint density at radius 1 is 1.29 bits per heavy atom. The van der Waals surface area contributed by atoms with Crippen LogP contribution in [0.25, 0.3) is 5.57 Å². The van der Waals surface area contributed by atoms with Crippen LogP contribution in [-0.2, 0) is 4.79 Å². The number of carbonyl (C=O) groups excluding carboxylic acids is 1. The van der Waals surface area contributed by atoms with Crippen molar-refractivity contribution in [3.8, 4) is 0 Å². The molecule has 0 radical (unpaired) electrons. The average molecular weight is 292 g/mol. The first-order chi connectivity index (χ1) is 10.1. The third-order valence-corrected chi connectivity index (χ3v) is 3.74. The Morgan fingerprint density at radius 2 is 1.95 bits per heavy atom. The number of hydrogen-bond donors (Lipinski definition) is 1. The molecule has 0 atom stereocenters. The Morgan fingerprint density at radius 3 is 2.57 bits per heavy atom. The molecule has 0 bridgehead atoms. The van der Waals surface area contributed by atoms with E-state index in [1.807, 2.05) is 0 Å². The molecule has 1 aliphatic heterocycles. The zero-order chi connectivity index (χ0) is 15.2. The van der Waals surface area contributed by atoms with Crippen LogP contribution >= 0.6 is 0 Å². The number of benzene rings is 1. The van der Waals surface area contributed by atoms with Crippen LogP contribution in [0.4, 0.5) is 4.39 Å². The van der Waals surface area contributed by atoms with Gasteiger partial charge in [0, 0.05) is 44.4 Å². The third kappa shape index (κ3) is 4.12. The number of piperazine rings is 1. The summed E-state index contributed by atoms with van der Waals surface area (Å²) in [5, 5.41) is 8.90. The van der Waals surface area contributed by atoms with Crippen LogP contribution in [0.1, 0.15) is 12.5 Å². The van der Waals surface area contributed by atoms with Crippen LogP contribution < -0.4 is 0 Å². The van der Waals surface area contributed by atoms with E-state index in [1.54, 1.807) is 30.0 Å². The Labute approximate surface area is 124 Å². The maximum atomic E-state index is 13.7. The van der Waals surface area contributed by atoms with Crippen LogP contribution in [0.5, 0.6) is 0 Å². The van der Waals surface area contributed by atoms with Gasteiger partial charge in [0.25, 0.3) is 0 Å². The molecule has 1 heterocycles. The van der Waals surface area contributed by atoms with Crippen molar-refractivity contribution in [2.75, 3.05) is 39.3 Å². The highest BCUT2D eigenvalue weighted by molar-refractivity contribution is 5.95. The Bertz CT molecular complexity index is 523. The summed E-state index contributed by atoms with van der Waals surface area (Å²) in [6, 6.07) is 6.46. The zero-order valence-corrected chi connectivity index (χ0v) is 12.3. The molecule has 1 aromatic carbocycles. The number of halogens is 1. The summed E-state index contributed by atoms with van der Waals surface area (Å²) in [4.78, 5) is 16.1. The molecule has 0 spiro atoms. The van der Waals surface area contributed by atoms with Gasteiger partial charge in [0.2, 0.25) is 5.91 Å². The van der Waals surface area contributed by atoms with E-state index in [0.29, 0.717) is 30.8 Å². The summed E-state index contributed by atoms with van der Waals surface area (Å²) < 4.78 is 13.7. The summed E-state index contributed by atoms with van der Waals surface area (Å²) in [6.45, 7) is 5.34. The fraction of sp³-hybridized carbons (Fsp3) is 0.438. The van der Waals surface area contributed by atoms with Crippen molar-refractivity contribution in [3.63, 3.8) is 0 Å². The minimum Gasteiger partial charge on any atom is -0.395 e. The van der Waals surface area contributed by atoms with Crippen molar-refractivity contribution in [1.29, 1.82) is 0 Å². The van der Waals surface area contributed by atoms with E-state index in [1.165, 1.54) is 12.1 Å². The van der Waals surface area contributed by atoms with Gasteiger partial charge in [-0.25, -0.2) is 4.39 Å².